The topological polar surface area (TPSA) is 77.4 Å². The molecule has 2 heterocycles. The van der Waals surface area contributed by atoms with Crippen LogP contribution >= 0.6 is 0 Å². The summed E-state index contributed by atoms with van der Waals surface area (Å²) in [7, 11) is 2.08. The molecule has 1 aliphatic carbocycles. The number of likely N-dealkylation sites (N-methyl/N-ethyl adjacent to an activating group) is 1. The minimum atomic E-state index is -0.0731. The molecule has 1 saturated heterocycles. The van der Waals surface area contributed by atoms with Gasteiger partial charge in [-0.05, 0) is 19.9 Å². The Hall–Kier alpha value is -0.980. The van der Waals surface area contributed by atoms with Gasteiger partial charge in [0.1, 0.15) is 6.10 Å². The van der Waals surface area contributed by atoms with Gasteiger partial charge in [0.15, 0.2) is 0 Å². The molecule has 0 spiro atoms. The third-order valence-corrected chi connectivity index (χ3v) is 4.15. The Bertz CT molecular complexity index is 423. The summed E-state index contributed by atoms with van der Waals surface area (Å²) in [5.74, 6) is 1.58. The van der Waals surface area contributed by atoms with Gasteiger partial charge in [0, 0.05) is 19.1 Å². The minimum Gasteiger partial charge on any atom is -0.367 e. The van der Waals surface area contributed by atoms with E-state index >= 15 is 0 Å². The third kappa shape index (κ3) is 2.80. The van der Waals surface area contributed by atoms with E-state index in [2.05, 4.69) is 22.1 Å². The van der Waals surface area contributed by atoms with E-state index in [1.165, 1.54) is 12.8 Å². The molecule has 0 aromatic carbocycles. The summed E-state index contributed by atoms with van der Waals surface area (Å²) in [5.41, 5.74) is 6.15. The Morgan fingerprint density at radius 3 is 2.95 bits per heavy atom. The number of morpholine rings is 1. The van der Waals surface area contributed by atoms with Crippen molar-refractivity contribution in [2.24, 2.45) is 5.73 Å². The summed E-state index contributed by atoms with van der Waals surface area (Å²) in [6, 6.07) is 0.150. The Balaban J connectivity index is 1.71. The van der Waals surface area contributed by atoms with Crippen molar-refractivity contribution < 1.29 is 9.26 Å². The van der Waals surface area contributed by atoms with Crippen molar-refractivity contribution in [1.29, 1.82) is 0 Å². The molecular weight excluding hydrogens is 244 g/mol. The van der Waals surface area contributed by atoms with Crippen LogP contribution in [-0.2, 0) is 4.74 Å². The molecule has 106 valence electrons. The lowest BCUT2D eigenvalue weighted by atomic mass is 9.85. The number of nitrogens with zero attached hydrogens (tertiary/aromatic N) is 3. The summed E-state index contributed by atoms with van der Waals surface area (Å²) >= 11 is 0. The van der Waals surface area contributed by atoms with E-state index in [4.69, 9.17) is 15.0 Å². The molecule has 6 nitrogen and oxygen atoms in total. The molecule has 1 saturated carbocycles. The van der Waals surface area contributed by atoms with Crippen LogP contribution in [0.4, 0.5) is 0 Å². The van der Waals surface area contributed by atoms with Gasteiger partial charge in [0.2, 0.25) is 11.7 Å². The second-order valence-electron chi connectivity index (χ2n) is 5.67. The first-order valence-electron chi connectivity index (χ1n) is 7.13. The fourth-order valence-electron chi connectivity index (χ4n) is 2.93. The van der Waals surface area contributed by atoms with Crippen molar-refractivity contribution in [2.45, 2.75) is 43.7 Å². The highest BCUT2D eigenvalue weighted by Crippen LogP contribution is 2.31. The van der Waals surface area contributed by atoms with Crippen LogP contribution in [0.25, 0.3) is 0 Å². The highest BCUT2D eigenvalue weighted by atomic mass is 16.5. The standard InChI is InChI=1S/C13H22N4O2/c1-17-6-7-18-11(8-17)12-15-13(19-16-12)9-4-2-3-5-10(9)14/h9-11H,2-8,14H2,1H3. The molecule has 3 rings (SSSR count). The van der Waals surface area contributed by atoms with Crippen LogP contribution in [-0.4, -0.2) is 47.8 Å². The van der Waals surface area contributed by atoms with Crippen LogP contribution in [0.15, 0.2) is 4.52 Å². The lowest BCUT2D eigenvalue weighted by Gasteiger charge is -2.28. The van der Waals surface area contributed by atoms with Crippen molar-refractivity contribution >= 4 is 0 Å². The molecule has 2 N–H and O–H groups in total. The van der Waals surface area contributed by atoms with Crippen LogP contribution in [0.2, 0.25) is 0 Å². The van der Waals surface area contributed by atoms with Crippen molar-refractivity contribution in [3.05, 3.63) is 11.7 Å². The Kier molecular flexibility index (Phi) is 3.81. The highest BCUT2D eigenvalue weighted by Gasteiger charge is 2.30. The van der Waals surface area contributed by atoms with E-state index in [0.29, 0.717) is 18.3 Å². The van der Waals surface area contributed by atoms with Gasteiger partial charge in [0.25, 0.3) is 0 Å². The smallest absolute Gasteiger partial charge is 0.231 e. The van der Waals surface area contributed by atoms with Crippen LogP contribution in [0.1, 0.15) is 49.4 Å². The summed E-state index contributed by atoms with van der Waals surface area (Å²) < 4.78 is 11.1. The first-order valence-corrected chi connectivity index (χ1v) is 7.13. The second-order valence-corrected chi connectivity index (χ2v) is 5.67. The van der Waals surface area contributed by atoms with Gasteiger partial charge in [-0.25, -0.2) is 0 Å². The van der Waals surface area contributed by atoms with E-state index in [0.717, 1.165) is 25.9 Å². The predicted octanol–water partition coefficient (Wildman–Crippen LogP) is 1.06. The summed E-state index contributed by atoms with van der Waals surface area (Å²) in [6.07, 6.45) is 4.42. The van der Waals surface area contributed by atoms with Crippen LogP contribution in [0.3, 0.4) is 0 Å². The molecule has 2 aliphatic rings. The number of ether oxygens (including phenoxy) is 1. The van der Waals surface area contributed by atoms with Gasteiger partial charge in [-0.1, -0.05) is 18.0 Å². The average Bonchev–Trinajstić information content (AvgIpc) is 2.89. The molecule has 3 unspecified atom stereocenters. The minimum absolute atomic E-state index is 0.0731. The molecular formula is C13H22N4O2. The van der Waals surface area contributed by atoms with Crippen LogP contribution < -0.4 is 5.73 Å². The van der Waals surface area contributed by atoms with Gasteiger partial charge in [0.05, 0.1) is 12.5 Å². The van der Waals surface area contributed by atoms with Crippen molar-refractivity contribution in [2.75, 3.05) is 26.7 Å². The van der Waals surface area contributed by atoms with E-state index in [1.54, 1.807) is 0 Å². The van der Waals surface area contributed by atoms with Crippen molar-refractivity contribution in [1.82, 2.24) is 15.0 Å². The molecule has 0 radical (unpaired) electrons. The number of aromatic nitrogens is 2. The lowest BCUT2D eigenvalue weighted by molar-refractivity contribution is -0.0264. The predicted molar refractivity (Wildman–Crippen MR) is 69.7 cm³/mol. The van der Waals surface area contributed by atoms with E-state index in [1.807, 2.05) is 0 Å². The van der Waals surface area contributed by atoms with Gasteiger partial charge < -0.3 is 19.9 Å². The van der Waals surface area contributed by atoms with Crippen molar-refractivity contribution in [3.63, 3.8) is 0 Å². The zero-order chi connectivity index (χ0) is 13.2. The first kappa shape index (κ1) is 13.0. The summed E-state index contributed by atoms with van der Waals surface area (Å²) in [6.45, 7) is 2.48. The van der Waals surface area contributed by atoms with Gasteiger partial charge >= 0.3 is 0 Å². The molecule has 3 atom stereocenters. The van der Waals surface area contributed by atoms with Gasteiger partial charge in [-0.15, -0.1) is 0 Å². The zero-order valence-corrected chi connectivity index (χ0v) is 11.4. The molecule has 1 aliphatic heterocycles. The number of hydrogen-bond acceptors (Lipinski definition) is 6. The molecule has 1 aromatic rings. The zero-order valence-electron chi connectivity index (χ0n) is 11.4. The van der Waals surface area contributed by atoms with Crippen LogP contribution in [0, 0.1) is 0 Å². The largest absolute Gasteiger partial charge is 0.367 e. The fourth-order valence-corrected chi connectivity index (χ4v) is 2.93. The van der Waals surface area contributed by atoms with Gasteiger partial charge in [-0.2, -0.15) is 4.98 Å². The molecule has 19 heavy (non-hydrogen) atoms. The maximum Gasteiger partial charge on any atom is 0.231 e. The Labute approximate surface area is 113 Å². The number of hydrogen-bond donors (Lipinski definition) is 1. The number of rotatable bonds is 2. The van der Waals surface area contributed by atoms with Gasteiger partial charge in [-0.3, -0.25) is 0 Å². The summed E-state index contributed by atoms with van der Waals surface area (Å²) in [4.78, 5) is 6.75. The molecule has 0 bridgehead atoms. The average molecular weight is 266 g/mol. The van der Waals surface area contributed by atoms with E-state index in [9.17, 15) is 0 Å². The number of nitrogens with two attached hydrogens (primary N) is 1. The summed E-state index contributed by atoms with van der Waals surface area (Å²) in [5, 5.41) is 4.09. The van der Waals surface area contributed by atoms with Crippen LogP contribution in [0.5, 0.6) is 0 Å². The SMILES string of the molecule is CN1CCOC(c2noc(C3CCCCC3N)n2)C1. The van der Waals surface area contributed by atoms with E-state index in [-0.39, 0.29) is 18.1 Å². The Morgan fingerprint density at radius 1 is 1.32 bits per heavy atom. The molecule has 2 fully saturated rings. The Morgan fingerprint density at radius 2 is 2.16 bits per heavy atom. The normalized spacial score (nSPS) is 33.5. The monoisotopic (exact) mass is 266 g/mol. The van der Waals surface area contributed by atoms with E-state index < -0.39 is 0 Å². The quantitative estimate of drug-likeness (QED) is 0.862. The first-order chi connectivity index (χ1) is 9.24. The second kappa shape index (κ2) is 5.56. The third-order valence-electron chi connectivity index (χ3n) is 4.15. The highest BCUT2D eigenvalue weighted by molar-refractivity contribution is 5.02. The molecule has 1 aromatic heterocycles. The molecule has 6 heteroatoms. The van der Waals surface area contributed by atoms with Crippen molar-refractivity contribution in [3.8, 4) is 0 Å². The lowest BCUT2D eigenvalue weighted by Crippen LogP contribution is -2.35. The maximum atomic E-state index is 6.15. The maximum absolute atomic E-state index is 6.15. The molecule has 0 amide bonds. The fraction of sp³-hybridized carbons (Fsp3) is 0.846.